The number of aryl methyl sites for hydroxylation is 1. The lowest BCUT2D eigenvalue weighted by molar-refractivity contribution is 0.421. The molecular formula is C13H22N2. The van der Waals surface area contributed by atoms with Crippen molar-refractivity contribution in [2.24, 2.45) is 11.8 Å². The maximum absolute atomic E-state index is 5.55. The molecule has 1 rings (SSSR count). The van der Waals surface area contributed by atoms with E-state index < -0.39 is 0 Å². The minimum atomic E-state index is 0.251. The first-order valence-electron chi connectivity index (χ1n) is 5.74. The molecule has 0 spiro atoms. The Labute approximate surface area is 92.8 Å². The van der Waals surface area contributed by atoms with Crippen LogP contribution < -0.4 is 11.3 Å². The molecule has 15 heavy (non-hydrogen) atoms. The average molecular weight is 206 g/mol. The van der Waals surface area contributed by atoms with E-state index in [1.54, 1.807) is 0 Å². The Morgan fingerprint density at radius 3 is 2.20 bits per heavy atom. The topological polar surface area (TPSA) is 38.0 Å². The molecule has 1 aromatic rings. The van der Waals surface area contributed by atoms with E-state index in [1.807, 2.05) is 0 Å². The molecule has 1 aromatic carbocycles. The van der Waals surface area contributed by atoms with Gasteiger partial charge in [0.05, 0.1) is 0 Å². The van der Waals surface area contributed by atoms with Crippen LogP contribution in [0.4, 0.5) is 0 Å². The molecule has 0 bridgehead atoms. The lowest BCUT2D eigenvalue weighted by Gasteiger charge is -2.20. The third kappa shape index (κ3) is 3.33. The van der Waals surface area contributed by atoms with Gasteiger partial charge in [-0.15, -0.1) is 0 Å². The quantitative estimate of drug-likeness (QED) is 0.574. The summed E-state index contributed by atoms with van der Waals surface area (Å²) in [7, 11) is 0. The Bertz CT molecular complexity index is 277. The van der Waals surface area contributed by atoms with Gasteiger partial charge in [-0.05, 0) is 23.5 Å². The Morgan fingerprint density at radius 2 is 1.80 bits per heavy atom. The number of nitrogens with one attached hydrogen (secondary N) is 1. The molecule has 3 N–H and O–H groups in total. The van der Waals surface area contributed by atoms with Crippen LogP contribution in [0.2, 0.25) is 0 Å². The summed E-state index contributed by atoms with van der Waals surface area (Å²) in [5.74, 6) is 6.06. The van der Waals surface area contributed by atoms with Gasteiger partial charge in [-0.2, -0.15) is 0 Å². The largest absolute Gasteiger partial charge is 0.271 e. The van der Waals surface area contributed by atoms with Gasteiger partial charge >= 0.3 is 0 Å². The van der Waals surface area contributed by atoms with E-state index in [4.69, 9.17) is 5.84 Å². The van der Waals surface area contributed by atoms with Gasteiger partial charge in [0.15, 0.2) is 0 Å². The molecule has 0 radical (unpaired) electrons. The number of hydrogen-bond donors (Lipinski definition) is 2. The van der Waals surface area contributed by atoms with Gasteiger partial charge in [0.25, 0.3) is 0 Å². The fourth-order valence-corrected chi connectivity index (χ4v) is 1.85. The molecule has 0 saturated heterocycles. The fraction of sp³-hybridized carbons (Fsp3) is 0.538. The van der Waals surface area contributed by atoms with E-state index in [0.29, 0.717) is 5.92 Å². The third-order valence-electron chi connectivity index (χ3n) is 2.72. The molecule has 1 atom stereocenters. The molecule has 84 valence electrons. The van der Waals surface area contributed by atoms with E-state index in [0.717, 1.165) is 6.42 Å². The summed E-state index contributed by atoms with van der Waals surface area (Å²) in [6.45, 7) is 6.54. The van der Waals surface area contributed by atoms with Crippen molar-refractivity contribution in [1.29, 1.82) is 0 Å². The average Bonchev–Trinajstić information content (AvgIpc) is 2.21. The first kappa shape index (κ1) is 12.2. The highest BCUT2D eigenvalue weighted by atomic mass is 15.2. The Hall–Kier alpha value is -0.860. The first-order valence-corrected chi connectivity index (χ1v) is 5.74. The minimum absolute atomic E-state index is 0.251. The Morgan fingerprint density at radius 1 is 1.20 bits per heavy atom. The van der Waals surface area contributed by atoms with Gasteiger partial charge in [-0.25, -0.2) is 0 Å². The first-order chi connectivity index (χ1) is 7.19. The Kier molecular flexibility index (Phi) is 4.79. The normalized spacial score (nSPS) is 13.1. The summed E-state index contributed by atoms with van der Waals surface area (Å²) in [5.41, 5.74) is 5.54. The lowest BCUT2D eigenvalue weighted by Crippen LogP contribution is -2.31. The predicted octanol–water partition coefficient (Wildman–Crippen LogP) is 2.80. The number of rotatable bonds is 5. The lowest BCUT2D eigenvalue weighted by atomic mass is 9.95. The molecule has 2 nitrogen and oxygen atoms in total. The van der Waals surface area contributed by atoms with Gasteiger partial charge in [0.1, 0.15) is 0 Å². The molecular weight excluding hydrogens is 184 g/mol. The summed E-state index contributed by atoms with van der Waals surface area (Å²) < 4.78 is 0. The van der Waals surface area contributed by atoms with Crippen LogP contribution in [0.25, 0.3) is 0 Å². The maximum atomic E-state index is 5.55. The van der Waals surface area contributed by atoms with Crippen LogP contribution in [-0.4, -0.2) is 0 Å². The summed E-state index contributed by atoms with van der Waals surface area (Å²) >= 11 is 0. The Balaban J connectivity index is 2.77. The molecule has 0 amide bonds. The van der Waals surface area contributed by atoms with Crippen molar-refractivity contribution in [2.45, 2.75) is 39.7 Å². The molecule has 0 aliphatic rings. The molecule has 2 heteroatoms. The summed E-state index contributed by atoms with van der Waals surface area (Å²) in [6.07, 6.45) is 2.35. The van der Waals surface area contributed by atoms with E-state index in [-0.39, 0.29) is 6.04 Å². The summed E-state index contributed by atoms with van der Waals surface area (Å²) in [6, 6.07) is 9.00. The molecule has 0 aromatic heterocycles. The van der Waals surface area contributed by atoms with Crippen LogP contribution in [0, 0.1) is 5.92 Å². The highest BCUT2D eigenvalue weighted by molar-refractivity contribution is 5.25. The van der Waals surface area contributed by atoms with E-state index in [1.165, 1.54) is 17.5 Å². The number of hydrogen-bond acceptors (Lipinski definition) is 2. The molecule has 0 saturated carbocycles. The van der Waals surface area contributed by atoms with Crippen LogP contribution in [0.15, 0.2) is 24.3 Å². The van der Waals surface area contributed by atoms with Gasteiger partial charge < -0.3 is 0 Å². The van der Waals surface area contributed by atoms with Gasteiger partial charge in [0.2, 0.25) is 0 Å². The van der Waals surface area contributed by atoms with Crippen molar-refractivity contribution in [1.82, 2.24) is 5.43 Å². The zero-order valence-corrected chi connectivity index (χ0v) is 9.96. The van der Waals surface area contributed by atoms with Crippen molar-refractivity contribution >= 4 is 0 Å². The predicted molar refractivity (Wildman–Crippen MR) is 65.3 cm³/mol. The van der Waals surface area contributed by atoms with Gasteiger partial charge in [-0.1, -0.05) is 51.5 Å². The van der Waals surface area contributed by atoms with Crippen molar-refractivity contribution in [3.8, 4) is 0 Å². The van der Waals surface area contributed by atoms with Crippen molar-refractivity contribution in [3.63, 3.8) is 0 Å². The van der Waals surface area contributed by atoms with Crippen LogP contribution in [0.5, 0.6) is 0 Å². The second-order valence-corrected chi connectivity index (χ2v) is 4.38. The SMILES string of the molecule is CCCc1ccc(C(NN)C(C)C)cc1. The van der Waals surface area contributed by atoms with Crippen LogP contribution >= 0.6 is 0 Å². The second kappa shape index (κ2) is 5.89. The molecule has 1 unspecified atom stereocenters. The third-order valence-corrected chi connectivity index (χ3v) is 2.72. The number of nitrogens with two attached hydrogens (primary N) is 1. The van der Waals surface area contributed by atoms with Crippen LogP contribution in [-0.2, 0) is 6.42 Å². The number of benzene rings is 1. The second-order valence-electron chi connectivity index (χ2n) is 4.38. The smallest absolute Gasteiger partial charge is 0.0482 e. The zero-order valence-electron chi connectivity index (χ0n) is 9.96. The summed E-state index contributed by atoms with van der Waals surface area (Å²) in [5, 5.41) is 0. The van der Waals surface area contributed by atoms with Gasteiger partial charge in [-0.3, -0.25) is 11.3 Å². The van der Waals surface area contributed by atoms with E-state index in [2.05, 4.69) is 50.5 Å². The van der Waals surface area contributed by atoms with Gasteiger partial charge in [0, 0.05) is 6.04 Å². The zero-order chi connectivity index (χ0) is 11.3. The minimum Gasteiger partial charge on any atom is -0.271 e. The highest BCUT2D eigenvalue weighted by Gasteiger charge is 2.13. The molecule has 0 heterocycles. The fourth-order valence-electron chi connectivity index (χ4n) is 1.85. The highest BCUT2D eigenvalue weighted by Crippen LogP contribution is 2.21. The standard InChI is InChI=1S/C13H22N2/c1-4-5-11-6-8-12(9-7-11)13(15-14)10(2)3/h6-10,13,15H,4-5,14H2,1-3H3. The van der Waals surface area contributed by atoms with Crippen molar-refractivity contribution in [3.05, 3.63) is 35.4 Å². The molecule has 0 fully saturated rings. The monoisotopic (exact) mass is 206 g/mol. The molecule has 0 aliphatic carbocycles. The maximum Gasteiger partial charge on any atom is 0.0482 e. The van der Waals surface area contributed by atoms with Crippen LogP contribution in [0.1, 0.15) is 44.4 Å². The summed E-state index contributed by atoms with van der Waals surface area (Å²) in [4.78, 5) is 0. The molecule has 0 aliphatic heterocycles. The van der Waals surface area contributed by atoms with E-state index >= 15 is 0 Å². The van der Waals surface area contributed by atoms with Crippen molar-refractivity contribution in [2.75, 3.05) is 0 Å². The van der Waals surface area contributed by atoms with E-state index in [9.17, 15) is 0 Å². The van der Waals surface area contributed by atoms with Crippen molar-refractivity contribution < 1.29 is 0 Å². The number of hydrazine groups is 1. The van der Waals surface area contributed by atoms with Crippen LogP contribution in [0.3, 0.4) is 0 Å².